The van der Waals surface area contributed by atoms with Gasteiger partial charge in [-0.05, 0) is 36.6 Å². The Balaban J connectivity index is 2.36. The highest BCUT2D eigenvalue weighted by atomic mass is 32.2. The zero-order valence-electron chi connectivity index (χ0n) is 7.23. The molecule has 0 aliphatic carbocycles. The summed E-state index contributed by atoms with van der Waals surface area (Å²) in [4.78, 5) is 4.18. The summed E-state index contributed by atoms with van der Waals surface area (Å²) in [6, 6.07) is 5.94. The van der Waals surface area contributed by atoms with Crippen LogP contribution >= 0.6 is 11.8 Å². The molecule has 0 spiro atoms. The van der Waals surface area contributed by atoms with Crippen LogP contribution in [0.2, 0.25) is 0 Å². The molecule has 0 saturated heterocycles. The van der Waals surface area contributed by atoms with E-state index in [0.717, 1.165) is 12.1 Å². The first-order valence-electron chi connectivity index (χ1n) is 4.00. The molecule has 64 valence electrons. The van der Waals surface area contributed by atoms with Crippen molar-refractivity contribution in [2.24, 2.45) is 0 Å². The van der Waals surface area contributed by atoms with Gasteiger partial charge >= 0.3 is 0 Å². The fourth-order valence-corrected chi connectivity index (χ4v) is 1.24. The van der Waals surface area contributed by atoms with Crippen LogP contribution < -0.4 is 0 Å². The van der Waals surface area contributed by atoms with E-state index in [4.69, 9.17) is 0 Å². The smallest absolute Gasteiger partial charge is 0.0626 e. The van der Waals surface area contributed by atoms with Gasteiger partial charge in [-0.15, -0.1) is 0 Å². The molecule has 0 saturated carbocycles. The molecule has 1 aromatic rings. The summed E-state index contributed by atoms with van der Waals surface area (Å²) < 4.78 is 0. The van der Waals surface area contributed by atoms with Crippen LogP contribution in [0.25, 0.3) is 6.08 Å². The average Bonchev–Trinajstić information content (AvgIpc) is 2.14. The van der Waals surface area contributed by atoms with Crippen molar-refractivity contribution in [3.05, 3.63) is 36.2 Å². The summed E-state index contributed by atoms with van der Waals surface area (Å²) in [6.07, 6.45) is 9.29. The zero-order chi connectivity index (χ0) is 8.65. The van der Waals surface area contributed by atoms with Gasteiger partial charge in [-0.2, -0.15) is 11.8 Å². The molecule has 0 aliphatic rings. The number of thioether (sulfide) groups is 1. The van der Waals surface area contributed by atoms with Crippen LogP contribution in [0.1, 0.15) is 12.1 Å². The van der Waals surface area contributed by atoms with E-state index < -0.39 is 0 Å². The van der Waals surface area contributed by atoms with E-state index in [1.54, 1.807) is 0 Å². The number of pyridine rings is 1. The number of rotatable bonds is 4. The number of allylic oxidation sites excluding steroid dienone is 1. The molecule has 0 aromatic carbocycles. The fourth-order valence-electron chi connectivity index (χ4n) is 0.865. The van der Waals surface area contributed by atoms with Gasteiger partial charge in [-0.25, -0.2) is 0 Å². The summed E-state index contributed by atoms with van der Waals surface area (Å²) in [5.41, 5.74) is 1.04. The van der Waals surface area contributed by atoms with Crippen LogP contribution in [0.4, 0.5) is 0 Å². The van der Waals surface area contributed by atoms with Crippen LogP contribution in [0.3, 0.4) is 0 Å². The molecule has 1 aromatic heterocycles. The van der Waals surface area contributed by atoms with Gasteiger partial charge in [0.2, 0.25) is 0 Å². The van der Waals surface area contributed by atoms with Crippen molar-refractivity contribution in [1.29, 1.82) is 0 Å². The second kappa shape index (κ2) is 5.84. The number of aromatic nitrogens is 1. The molecule has 0 unspecified atom stereocenters. The maximum absolute atomic E-state index is 4.18. The lowest BCUT2D eigenvalue weighted by atomic mass is 10.3. The summed E-state index contributed by atoms with van der Waals surface area (Å²) in [7, 11) is 0. The van der Waals surface area contributed by atoms with Crippen molar-refractivity contribution in [1.82, 2.24) is 4.98 Å². The number of hydrogen-bond acceptors (Lipinski definition) is 2. The molecule has 1 rings (SSSR count). The highest BCUT2D eigenvalue weighted by Gasteiger charge is 1.83. The third kappa shape index (κ3) is 3.58. The first-order valence-corrected chi connectivity index (χ1v) is 5.39. The summed E-state index contributed by atoms with van der Waals surface area (Å²) >= 11 is 1.87. The van der Waals surface area contributed by atoms with Gasteiger partial charge in [-0.3, -0.25) is 4.98 Å². The Morgan fingerprint density at radius 3 is 3.08 bits per heavy atom. The summed E-state index contributed by atoms with van der Waals surface area (Å²) in [5, 5.41) is 0. The maximum atomic E-state index is 4.18. The Morgan fingerprint density at radius 2 is 2.42 bits per heavy atom. The fraction of sp³-hybridized carbons (Fsp3) is 0.300. The minimum Gasteiger partial charge on any atom is -0.257 e. The first kappa shape index (κ1) is 9.33. The van der Waals surface area contributed by atoms with Gasteiger partial charge in [0.05, 0.1) is 5.69 Å². The van der Waals surface area contributed by atoms with Crippen molar-refractivity contribution < 1.29 is 0 Å². The van der Waals surface area contributed by atoms with Crippen molar-refractivity contribution in [3.8, 4) is 0 Å². The van der Waals surface area contributed by atoms with Gasteiger partial charge < -0.3 is 0 Å². The van der Waals surface area contributed by atoms with Gasteiger partial charge in [0.25, 0.3) is 0 Å². The first-order chi connectivity index (χ1) is 5.93. The molecule has 0 bridgehead atoms. The normalized spacial score (nSPS) is 10.8. The van der Waals surface area contributed by atoms with Crippen LogP contribution in [-0.4, -0.2) is 17.0 Å². The van der Waals surface area contributed by atoms with Gasteiger partial charge in [0.1, 0.15) is 0 Å². The standard InChI is InChI=1S/C10H13NS/c1-12-9-5-3-7-10-6-2-4-8-11-10/h2-4,6-8H,5,9H2,1H3. The Kier molecular flexibility index (Phi) is 4.54. The third-order valence-corrected chi connectivity index (χ3v) is 2.11. The predicted octanol–water partition coefficient (Wildman–Crippen LogP) is 2.85. The monoisotopic (exact) mass is 179 g/mol. The highest BCUT2D eigenvalue weighted by Crippen LogP contribution is 2.00. The van der Waals surface area contributed by atoms with E-state index >= 15 is 0 Å². The number of hydrogen-bond donors (Lipinski definition) is 0. The molecule has 0 fully saturated rings. The van der Waals surface area contributed by atoms with E-state index in [1.165, 1.54) is 5.75 Å². The van der Waals surface area contributed by atoms with Crippen molar-refractivity contribution in [2.75, 3.05) is 12.0 Å². The highest BCUT2D eigenvalue weighted by molar-refractivity contribution is 7.98. The molecule has 2 heteroatoms. The SMILES string of the molecule is CSCCC=Cc1ccccn1. The lowest BCUT2D eigenvalue weighted by Gasteiger charge is -1.90. The minimum absolute atomic E-state index is 1.04. The second-order valence-corrected chi connectivity index (χ2v) is 3.42. The lowest BCUT2D eigenvalue weighted by molar-refractivity contribution is 1.24. The molecule has 1 nitrogen and oxygen atoms in total. The average molecular weight is 179 g/mol. The number of nitrogens with zero attached hydrogens (tertiary/aromatic N) is 1. The maximum Gasteiger partial charge on any atom is 0.0626 e. The van der Waals surface area contributed by atoms with E-state index in [-0.39, 0.29) is 0 Å². The Labute approximate surface area is 77.9 Å². The molecule has 1 heterocycles. The molecular formula is C10H13NS. The van der Waals surface area contributed by atoms with Gasteiger partial charge in [0, 0.05) is 6.20 Å². The molecule has 0 N–H and O–H groups in total. The molecule has 0 radical (unpaired) electrons. The molecular weight excluding hydrogens is 166 g/mol. The quantitative estimate of drug-likeness (QED) is 0.659. The minimum atomic E-state index is 1.04. The molecule has 0 amide bonds. The van der Waals surface area contributed by atoms with Crippen molar-refractivity contribution in [3.63, 3.8) is 0 Å². The van der Waals surface area contributed by atoms with E-state index in [9.17, 15) is 0 Å². The van der Waals surface area contributed by atoms with Gasteiger partial charge in [0.15, 0.2) is 0 Å². The Bertz CT molecular complexity index is 231. The molecule has 0 atom stereocenters. The van der Waals surface area contributed by atoms with E-state index in [0.29, 0.717) is 0 Å². The molecule has 12 heavy (non-hydrogen) atoms. The topological polar surface area (TPSA) is 12.9 Å². The lowest BCUT2D eigenvalue weighted by Crippen LogP contribution is -1.77. The Morgan fingerprint density at radius 1 is 1.50 bits per heavy atom. The third-order valence-electron chi connectivity index (χ3n) is 1.47. The van der Waals surface area contributed by atoms with Crippen molar-refractivity contribution >= 4 is 17.8 Å². The van der Waals surface area contributed by atoms with Crippen LogP contribution in [0, 0.1) is 0 Å². The van der Waals surface area contributed by atoms with E-state index in [2.05, 4.69) is 23.4 Å². The second-order valence-electron chi connectivity index (χ2n) is 2.44. The molecule has 0 aliphatic heterocycles. The summed E-state index contributed by atoms with van der Waals surface area (Å²) in [5.74, 6) is 1.18. The zero-order valence-corrected chi connectivity index (χ0v) is 8.05. The predicted molar refractivity (Wildman–Crippen MR) is 56.3 cm³/mol. The van der Waals surface area contributed by atoms with Crippen LogP contribution in [-0.2, 0) is 0 Å². The van der Waals surface area contributed by atoms with Gasteiger partial charge in [-0.1, -0.05) is 12.1 Å². The van der Waals surface area contributed by atoms with Crippen molar-refractivity contribution in [2.45, 2.75) is 6.42 Å². The largest absolute Gasteiger partial charge is 0.257 e. The Hall–Kier alpha value is -0.760. The van der Waals surface area contributed by atoms with Crippen LogP contribution in [0.5, 0.6) is 0 Å². The summed E-state index contributed by atoms with van der Waals surface area (Å²) in [6.45, 7) is 0. The van der Waals surface area contributed by atoms with Crippen LogP contribution in [0.15, 0.2) is 30.5 Å². The van der Waals surface area contributed by atoms with E-state index in [1.807, 2.05) is 36.2 Å².